The number of aliphatic imine (C=N–C) groups is 1. The minimum Gasteiger partial charge on any atom is -0.396 e. The topological polar surface area (TPSA) is 105 Å². The molecule has 1 fully saturated rings. The summed E-state index contributed by atoms with van der Waals surface area (Å²) in [6, 6.07) is 5.63. The van der Waals surface area contributed by atoms with Gasteiger partial charge in [-0.3, -0.25) is 18.9 Å². The van der Waals surface area contributed by atoms with Gasteiger partial charge in [0.2, 0.25) is 5.96 Å². The summed E-state index contributed by atoms with van der Waals surface area (Å²) in [5, 5.41) is 11.0. The van der Waals surface area contributed by atoms with E-state index in [9.17, 15) is 18.3 Å². The summed E-state index contributed by atoms with van der Waals surface area (Å²) < 4.78 is 35.9. The van der Waals surface area contributed by atoms with Crippen molar-refractivity contribution in [3.63, 3.8) is 0 Å². The van der Waals surface area contributed by atoms with Crippen LogP contribution in [0.1, 0.15) is 18.4 Å². The minimum absolute atomic E-state index is 0.00678. The average Bonchev–Trinajstić information content (AvgIpc) is 2.54. The van der Waals surface area contributed by atoms with Gasteiger partial charge in [0.25, 0.3) is 5.12 Å². The Kier molecular flexibility index (Phi) is 4.95. The zero-order valence-corrected chi connectivity index (χ0v) is 13.7. The second-order valence-electron chi connectivity index (χ2n) is 5.19. The van der Waals surface area contributed by atoms with E-state index in [0.29, 0.717) is 0 Å². The van der Waals surface area contributed by atoms with Gasteiger partial charge in [-0.2, -0.15) is 0 Å². The van der Waals surface area contributed by atoms with Crippen LogP contribution in [0.2, 0.25) is 0 Å². The molecule has 1 aromatic carbocycles. The van der Waals surface area contributed by atoms with Gasteiger partial charge in [-0.05, 0) is 29.7 Å². The summed E-state index contributed by atoms with van der Waals surface area (Å²) in [7, 11) is -1.11. The number of halogens is 1. The van der Waals surface area contributed by atoms with E-state index in [0.717, 1.165) is 4.31 Å². The maximum absolute atomic E-state index is 14.3. The van der Waals surface area contributed by atoms with Gasteiger partial charge in [0, 0.05) is 26.3 Å². The maximum Gasteiger partial charge on any atom is 0.289 e. The first-order valence-corrected chi connectivity index (χ1v) is 8.49. The number of guanidine groups is 1. The lowest BCUT2D eigenvalue weighted by molar-refractivity contribution is -0.119. The molecule has 1 aromatic rings. The molecular formula is C14H20FN3O4S. The van der Waals surface area contributed by atoms with E-state index in [1.165, 1.54) is 32.3 Å². The molecular weight excluding hydrogens is 325 g/mol. The molecule has 9 heteroatoms. The number of aliphatic hydroxyl groups is 1. The fraction of sp³-hybridized carbons (Fsp3) is 0.429. The van der Waals surface area contributed by atoms with E-state index in [1.807, 2.05) is 0 Å². The van der Waals surface area contributed by atoms with Crippen LogP contribution in [0.3, 0.4) is 0 Å². The third kappa shape index (κ3) is 2.80. The first kappa shape index (κ1) is 17.7. The molecule has 4 N–H and O–H groups in total. The molecule has 23 heavy (non-hydrogen) atoms. The van der Waals surface area contributed by atoms with Crippen molar-refractivity contribution in [3.8, 4) is 0 Å². The van der Waals surface area contributed by atoms with Gasteiger partial charge in [0.15, 0.2) is 0 Å². The lowest BCUT2D eigenvalue weighted by Gasteiger charge is -2.52. The lowest BCUT2D eigenvalue weighted by Crippen LogP contribution is -2.63. The van der Waals surface area contributed by atoms with Crippen LogP contribution < -0.4 is 5.32 Å². The summed E-state index contributed by atoms with van der Waals surface area (Å²) in [5.74, 6) is -0.590. The summed E-state index contributed by atoms with van der Waals surface area (Å²) in [6.45, 7) is -0.223. The Hall–Kier alpha value is -1.68. The number of nitrogens with one attached hydrogen (secondary N) is 1. The van der Waals surface area contributed by atoms with Crippen LogP contribution in [-0.2, 0) is 10.3 Å². The van der Waals surface area contributed by atoms with Crippen molar-refractivity contribution < 1.29 is 23.4 Å². The van der Waals surface area contributed by atoms with Crippen LogP contribution in [0.15, 0.2) is 29.3 Å². The number of aliphatic hydroxyl groups excluding tert-OH is 1. The van der Waals surface area contributed by atoms with Crippen LogP contribution in [0, 0.1) is 5.82 Å². The quantitative estimate of drug-likeness (QED) is 0.659. The number of carbonyl (C=O) groups is 1. The molecule has 1 unspecified atom stereocenters. The number of nitrogens with zero attached hydrogens (tertiary/aromatic N) is 2. The van der Waals surface area contributed by atoms with Gasteiger partial charge in [0.05, 0.1) is 0 Å². The molecule has 7 nitrogen and oxygen atoms in total. The SMILES string of the molecule is CN=C1NC(CCCO)(c2ccccc2F)C(=O)S(O)(O)N1C. The van der Waals surface area contributed by atoms with Crippen molar-refractivity contribution in [1.82, 2.24) is 9.62 Å². The molecule has 1 aliphatic heterocycles. The molecule has 2 rings (SSSR count). The van der Waals surface area contributed by atoms with E-state index in [-0.39, 0.29) is 31.0 Å². The number of rotatable bonds is 4. The van der Waals surface area contributed by atoms with Crippen LogP contribution in [-0.4, -0.2) is 50.3 Å². The summed E-state index contributed by atoms with van der Waals surface area (Å²) in [5.41, 5.74) is -1.71. The summed E-state index contributed by atoms with van der Waals surface area (Å²) >= 11 is 0. The molecule has 0 amide bonds. The molecule has 128 valence electrons. The molecule has 1 atom stereocenters. The van der Waals surface area contributed by atoms with Gasteiger partial charge in [0.1, 0.15) is 11.4 Å². The Morgan fingerprint density at radius 1 is 1.39 bits per heavy atom. The normalized spacial score (nSPS) is 27.0. The van der Waals surface area contributed by atoms with Gasteiger partial charge >= 0.3 is 0 Å². The largest absolute Gasteiger partial charge is 0.396 e. The highest BCUT2D eigenvalue weighted by Crippen LogP contribution is 2.53. The first-order valence-electron chi connectivity index (χ1n) is 6.98. The molecule has 0 saturated carbocycles. The molecule has 1 saturated heterocycles. The monoisotopic (exact) mass is 345 g/mol. The maximum atomic E-state index is 14.3. The number of benzene rings is 1. The third-order valence-electron chi connectivity index (χ3n) is 3.86. The number of hydrogen-bond acceptors (Lipinski definition) is 5. The third-order valence-corrected chi connectivity index (χ3v) is 5.64. The Morgan fingerprint density at radius 2 is 2.04 bits per heavy atom. The molecule has 0 bridgehead atoms. The minimum atomic E-state index is -3.85. The van der Waals surface area contributed by atoms with E-state index in [4.69, 9.17) is 5.11 Å². The first-order chi connectivity index (χ1) is 10.8. The van der Waals surface area contributed by atoms with E-state index in [2.05, 4.69) is 10.3 Å². The van der Waals surface area contributed by atoms with Crippen molar-refractivity contribution in [1.29, 1.82) is 0 Å². The molecule has 1 aliphatic rings. The molecule has 0 spiro atoms. The lowest BCUT2D eigenvalue weighted by atomic mass is 9.86. The fourth-order valence-corrected chi connectivity index (χ4v) is 3.97. The second kappa shape index (κ2) is 6.44. The standard InChI is InChI=1S/C14H20FN3O4S/c1-16-13-17-14(8-5-9-19,10-6-3-4-7-11(10)15)12(20)23(21,22)18(13)2/h3-4,6-7,19,21-22H,5,8-9H2,1-2H3,(H,16,17). The fourth-order valence-electron chi connectivity index (χ4n) is 2.62. The van der Waals surface area contributed by atoms with E-state index < -0.39 is 27.2 Å². The zero-order valence-electron chi connectivity index (χ0n) is 12.9. The van der Waals surface area contributed by atoms with Gasteiger partial charge in [-0.15, -0.1) is 0 Å². The highest BCUT2D eigenvalue weighted by Gasteiger charge is 2.54. The molecule has 1 heterocycles. The van der Waals surface area contributed by atoms with Crippen molar-refractivity contribution in [2.24, 2.45) is 4.99 Å². The van der Waals surface area contributed by atoms with Crippen LogP contribution in [0.25, 0.3) is 0 Å². The van der Waals surface area contributed by atoms with Crippen molar-refractivity contribution in [2.45, 2.75) is 18.4 Å². The molecule has 0 aliphatic carbocycles. The average molecular weight is 345 g/mol. The van der Waals surface area contributed by atoms with Crippen LogP contribution in [0.4, 0.5) is 4.39 Å². The van der Waals surface area contributed by atoms with Gasteiger partial charge < -0.3 is 10.4 Å². The van der Waals surface area contributed by atoms with Crippen molar-refractivity contribution >= 4 is 21.9 Å². The number of carbonyl (C=O) groups excluding carboxylic acids is 1. The van der Waals surface area contributed by atoms with Gasteiger partial charge in [-0.25, -0.2) is 8.70 Å². The summed E-state index contributed by atoms with van der Waals surface area (Å²) in [4.78, 5) is 16.7. The van der Waals surface area contributed by atoms with Crippen LogP contribution in [0.5, 0.6) is 0 Å². The highest BCUT2D eigenvalue weighted by atomic mass is 32.3. The number of hydrogen-bond donors (Lipinski definition) is 4. The predicted octanol–water partition coefficient (Wildman–Crippen LogP) is 1.51. The van der Waals surface area contributed by atoms with Crippen molar-refractivity contribution in [2.75, 3.05) is 20.7 Å². The smallest absolute Gasteiger partial charge is 0.289 e. The van der Waals surface area contributed by atoms with Crippen LogP contribution >= 0.6 is 10.8 Å². The Labute approximate surface area is 135 Å². The summed E-state index contributed by atoms with van der Waals surface area (Å²) in [6.07, 6.45) is 0.162. The molecule has 0 radical (unpaired) electrons. The second-order valence-corrected chi connectivity index (χ2v) is 7.14. The van der Waals surface area contributed by atoms with Gasteiger partial charge in [-0.1, -0.05) is 18.2 Å². The predicted molar refractivity (Wildman–Crippen MR) is 86.5 cm³/mol. The Bertz CT molecular complexity index is 640. The Morgan fingerprint density at radius 3 is 2.61 bits per heavy atom. The van der Waals surface area contributed by atoms with E-state index >= 15 is 0 Å². The highest BCUT2D eigenvalue weighted by molar-refractivity contribution is 8.35. The van der Waals surface area contributed by atoms with Crippen molar-refractivity contribution in [3.05, 3.63) is 35.6 Å². The zero-order chi connectivity index (χ0) is 17.3. The molecule has 0 aromatic heterocycles. The van der Waals surface area contributed by atoms with E-state index in [1.54, 1.807) is 6.07 Å². The Balaban J connectivity index is 2.66.